The second kappa shape index (κ2) is 6.15. The molecule has 1 nitrogen and oxygen atoms in total. The maximum absolute atomic E-state index is 12.4. The van der Waals surface area contributed by atoms with Crippen LogP contribution in [0.15, 0.2) is 0 Å². The lowest BCUT2D eigenvalue weighted by molar-refractivity contribution is -0.316. The molecule has 1 atom stereocenters. The first-order valence-corrected chi connectivity index (χ1v) is 8.22. The summed E-state index contributed by atoms with van der Waals surface area (Å²) in [5.74, 6) is 0. The fourth-order valence-electron chi connectivity index (χ4n) is 0.770. The van der Waals surface area contributed by atoms with Crippen molar-refractivity contribution >= 4 is 29.6 Å². The van der Waals surface area contributed by atoms with E-state index in [0.29, 0.717) is 0 Å². The Balaban J connectivity index is 4.16. The number of ether oxygens (including phenoxy) is 1. The van der Waals surface area contributed by atoms with Crippen molar-refractivity contribution in [3.05, 3.63) is 0 Å². The van der Waals surface area contributed by atoms with E-state index in [2.05, 4.69) is 4.74 Å². The first kappa shape index (κ1) is 14.5. The smallest absolute Gasteiger partial charge is 0.313 e. The molecule has 0 aromatic rings. The van der Waals surface area contributed by atoms with E-state index >= 15 is 0 Å². The molecule has 8 heteroatoms. The number of rotatable bonds is 6. The zero-order valence-corrected chi connectivity index (χ0v) is 9.99. The molecule has 0 fully saturated rings. The normalized spacial score (nSPS) is 15.2. The zero-order chi connectivity index (χ0) is 11.4. The quantitative estimate of drug-likeness (QED) is 0.410. The van der Waals surface area contributed by atoms with Gasteiger partial charge in [-0.3, -0.25) is 0 Å². The van der Waals surface area contributed by atoms with E-state index in [1.54, 1.807) is 0 Å². The van der Waals surface area contributed by atoms with Gasteiger partial charge in [0.15, 0.2) is 0 Å². The van der Waals surface area contributed by atoms with E-state index in [0.717, 1.165) is 0 Å². The van der Waals surface area contributed by atoms with Crippen LogP contribution >= 0.6 is 22.2 Å². The third-order valence-corrected chi connectivity index (χ3v) is 3.43. The van der Waals surface area contributed by atoms with Gasteiger partial charge in [0.25, 0.3) is 0 Å². The molecule has 0 saturated carbocycles. The number of halogens is 6. The van der Waals surface area contributed by atoms with Crippen LogP contribution < -0.4 is 0 Å². The van der Waals surface area contributed by atoms with Gasteiger partial charge in [0.1, 0.15) is 0 Å². The van der Waals surface area contributed by atoms with Crippen LogP contribution in [-0.2, 0) is 4.74 Å². The number of hydrogen-bond donors (Lipinski definition) is 0. The van der Waals surface area contributed by atoms with Gasteiger partial charge >= 0.3 is 12.5 Å². The van der Waals surface area contributed by atoms with Crippen molar-refractivity contribution < 1.29 is 22.3 Å². The molecule has 1 unspecified atom stereocenters. The summed E-state index contributed by atoms with van der Waals surface area (Å²) >= 11 is 10.9. The van der Waals surface area contributed by atoms with Gasteiger partial charge in [0.05, 0.1) is 6.10 Å². The third kappa shape index (κ3) is 5.38. The van der Waals surface area contributed by atoms with Crippen molar-refractivity contribution in [1.82, 2.24) is 0 Å². The fourth-order valence-corrected chi connectivity index (χ4v) is 2.79. The number of alkyl halides is 4. The number of hydrogen-bond acceptors (Lipinski definition) is 1. The van der Waals surface area contributed by atoms with E-state index < -0.39 is 26.1 Å². The molecule has 0 rings (SSSR count). The topological polar surface area (TPSA) is 9.23 Å². The van der Waals surface area contributed by atoms with Crippen LogP contribution in [0.5, 0.6) is 0 Å². The van der Waals surface area contributed by atoms with Gasteiger partial charge in [0.2, 0.25) is 7.42 Å². The van der Waals surface area contributed by atoms with Gasteiger partial charge in [-0.15, -0.1) is 0 Å². The van der Waals surface area contributed by atoms with Gasteiger partial charge in [-0.05, 0) is 12.5 Å². The molecule has 0 N–H and O–H groups in total. The molecular formula is C6H10Cl2F4OSi. The molecule has 86 valence electrons. The van der Waals surface area contributed by atoms with Crippen molar-refractivity contribution in [2.45, 2.75) is 38.0 Å². The van der Waals surface area contributed by atoms with Crippen LogP contribution in [-0.4, -0.2) is 26.1 Å². The Labute approximate surface area is 90.3 Å². The molecule has 0 aromatic carbocycles. The summed E-state index contributed by atoms with van der Waals surface area (Å²) in [5, 5.41) is 0. The van der Waals surface area contributed by atoms with Crippen LogP contribution in [0.3, 0.4) is 0 Å². The van der Waals surface area contributed by atoms with Crippen molar-refractivity contribution in [2.24, 2.45) is 0 Å². The Hall–Kier alpha value is 0.477. The monoisotopic (exact) mass is 272 g/mol. The summed E-state index contributed by atoms with van der Waals surface area (Å²) in [4.78, 5) is 0. The Bertz CT molecular complexity index is 170. The first-order chi connectivity index (χ1) is 6.29. The van der Waals surface area contributed by atoms with E-state index in [1.165, 1.54) is 6.92 Å². The Morgan fingerprint density at radius 2 is 1.86 bits per heavy atom. The molecule has 0 saturated heterocycles. The minimum absolute atomic E-state index is 0.0297. The largest absolute Gasteiger partial charge is 0.416 e. The molecule has 0 heterocycles. The molecule has 0 aliphatic rings. The van der Waals surface area contributed by atoms with E-state index in [9.17, 15) is 17.6 Å². The second-order valence-electron chi connectivity index (χ2n) is 2.64. The average Bonchev–Trinajstić information content (AvgIpc) is 2.01. The average molecular weight is 273 g/mol. The van der Waals surface area contributed by atoms with Gasteiger partial charge in [-0.1, -0.05) is 6.92 Å². The molecule has 14 heavy (non-hydrogen) atoms. The Kier molecular flexibility index (Phi) is 6.35. The summed E-state index contributed by atoms with van der Waals surface area (Å²) in [6.07, 6.45) is -9.09. The van der Waals surface area contributed by atoms with Gasteiger partial charge < -0.3 is 4.74 Å². The summed E-state index contributed by atoms with van der Waals surface area (Å²) < 4.78 is 52.2. The Morgan fingerprint density at radius 1 is 1.36 bits per heavy atom. The van der Waals surface area contributed by atoms with Crippen molar-refractivity contribution in [3.63, 3.8) is 0 Å². The molecule has 0 radical (unpaired) electrons. The summed E-state index contributed by atoms with van der Waals surface area (Å²) in [6.45, 7) is 1.54. The molecule has 0 bridgehead atoms. The summed E-state index contributed by atoms with van der Waals surface area (Å²) in [5.41, 5.74) is 0. The fraction of sp³-hybridized carbons (Fsp3) is 1.00. The molecule has 0 spiro atoms. The molecule has 0 aliphatic heterocycles. The van der Waals surface area contributed by atoms with Crippen LogP contribution in [0.25, 0.3) is 0 Å². The molecule has 0 aliphatic carbocycles. The lowest BCUT2D eigenvalue weighted by atomic mass is 10.3. The van der Waals surface area contributed by atoms with Gasteiger partial charge in [0, 0.05) is 0 Å². The SMILES string of the molecule is CCC(C[SiH](Cl)Cl)OC(F)(F)C(F)F. The highest BCUT2D eigenvalue weighted by Gasteiger charge is 2.44. The lowest BCUT2D eigenvalue weighted by Crippen LogP contribution is -2.35. The lowest BCUT2D eigenvalue weighted by Gasteiger charge is -2.22. The van der Waals surface area contributed by atoms with Crippen molar-refractivity contribution in [3.8, 4) is 0 Å². The predicted molar refractivity (Wildman–Crippen MR) is 49.8 cm³/mol. The molecule has 0 amide bonds. The molecular weight excluding hydrogens is 263 g/mol. The summed E-state index contributed by atoms with van der Waals surface area (Å²) in [7, 11) is -2.13. The Morgan fingerprint density at radius 3 is 2.14 bits per heavy atom. The van der Waals surface area contributed by atoms with Crippen LogP contribution in [0.1, 0.15) is 13.3 Å². The van der Waals surface area contributed by atoms with E-state index in [4.69, 9.17) is 22.2 Å². The van der Waals surface area contributed by atoms with E-state index in [1.807, 2.05) is 0 Å². The highest BCUT2D eigenvalue weighted by atomic mass is 35.7. The van der Waals surface area contributed by atoms with E-state index in [-0.39, 0.29) is 12.5 Å². The minimum Gasteiger partial charge on any atom is -0.313 e. The maximum atomic E-state index is 12.4. The van der Waals surface area contributed by atoms with Crippen molar-refractivity contribution in [1.29, 1.82) is 0 Å². The second-order valence-corrected chi connectivity index (χ2v) is 7.72. The van der Waals surface area contributed by atoms with Crippen LogP contribution in [0.2, 0.25) is 6.04 Å². The van der Waals surface area contributed by atoms with Gasteiger partial charge in [-0.2, -0.15) is 30.9 Å². The summed E-state index contributed by atoms with van der Waals surface area (Å²) in [6, 6.07) is 0.0297. The van der Waals surface area contributed by atoms with Gasteiger partial charge in [-0.25, -0.2) is 8.78 Å². The first-order valence-electron chi connectivity index (χ1n) is 3.91. The highest BCUT2D eigenvalue weighted by molar-refractivity contribution is 7.33. The minimum atomic E-state index is -4.42. The van der Waals surface area contributed by atoms with Crippen LogP contribution in [0.4, 0.5) is 17.6 Å². The standard InChI is InChI=1S/C6H10Cl2F4OSi/c1-2-4(3-14(7)8)13-6(11,12)5(9)10/h4-5,14H,2-3H2,1H3. The zero-order valence-electron chi connectivity index (χ0n) is 7.32. The highest BCUT2D eigenvalue weighted by Crippen LogP contribution is 2.28. The van der Waals surface area contributed by atoms with Crippen LogP contribution in [0, 0.1) is 0 Å². The van der Waals surface area contributed by atoms with Crippen molar-refractivity contribution in [2.75, 3.05) is 0 Å². The third-order valence-electron chi connectivity index (χ3n) is 1.47. The maximum Gasteiger partial charge on any atom is 0.416 e. The predicted octanol–water partition coefficient (Wildman–Crippen LogP) is 3.34. The molecule has 0 aromatic heterocycles.